The van der Waals surface area contributed by atoms with Crippen LogP contribution in [0.3, 0.4) is 0 Å². The van der Waals surface area contributed by atoms with Crippen LogP contribution in [0.5, 0.6) is 0 Å². The van der Waals surface area contributed by atoms with Gasteiger partial charge in [-0.1, -0.05) is 12.1 Å². The number of hydrogen-bond acceptors (Lipinski definition) is 3. The second kappa shape index (κ2) is 3.16. The van der Waals surface area contributed by atoms with E-state index in [2.05, 4.69) is 20.2 Å². The summed E-state index contributed by atoms with van der Waals surface area (Å²) in [5.74, 6) is 0. The fraction of sp³-hybridized carbons (Fsp3) is 0. The molecule has 3 aromatic rings. The van der Waals surface area contributed by atoms with Crippen molar-refractivity contribution in [2.45, 2.75) is 0 Å². The summed E-state index contributed by atoms with van der Waals surface area (Å²) >= 11 is 0. The molecular weight excluding hydrogens is 188 g/mol. The van der Waals surface area contributed by atoms with Crippen LogP contribution in [0.4, 0.5) is 0 Å². The van der Waals surface area contributed by atoms with E-state index in [0.29, 0.717) is 0 Å². The van der Waals surface area contributed by atoms with Gasteiger partial charge in [0.2, 0.25) is 0 Å². The van der Waals surface area contributed by atoms with Crippen molar-refractivity contribution in [3.63, 3.8) is 0 Å². The van der Waals surface area contributed by atoms with Crippen LogP contribution < -0.4 is 0 Å². The van der Waals surface area contributed by atoms with Crippen LogP contribution in [-0.4, -0.2) is 20.2 Å². The van der Waals surface area contributed by atoms with E-state index in [1.807, 2.05) is 18.2 Å². The van der Waals surface area contributed by atoms with E-state index in [4.69, 9.17) is 0 Å². The van der Waals surface area contributed by atoms with Gasteiger partial charge in [0, 0.05) is 23.3 Å². The predicted molar refractivity (Wildman–Crippen MR) is 57.1 cm³/mol. The molecule has 4 heteroatoms. The first kappa shape index (κ1) is 8.11. The van der Waals surface area contributed by atoms with Gasteiger partial charge in [-0.2, -0.15) is 5.10 Å². The van der Waals surface area contributed by atoms with Crippen LogP contribution in [-0.2, 0) is 0 Å². The molecule has 0 atom stereocenters. The van der Waals surface area contributed by atoms with Crippen molar-refractivity contribution >= 4 is 10.9 Å². The predicted octanol–water partition coefficient (Wildman–Crippen LogP) is 2.02. The van der Waals surface area contributed by atoms with Crippen LogP contribution in [0.2, 0.25) is 0 Å². The van der Waals surface area contributed by atoms with Gasteiger partial charge in [0.25, 0.3) is 0 Å². The van der Waals surface area contributed by atoms with Crippen molar-refractivity contribution in [3.8, 4) is 11.3 Å². The third-order valence-corrected chi connectivity index (χ3v) is 2.32. The topological polar surface area (TPSA) is 54.5 Å². The zero-order valence-corrected chi connectivity index (χ0v) is 7.88. The summed E-state index contributed by atoms with van der Waals surface area (Å²) in [6, 6.07) is 5.98. The standard InChI is InChI=1S/C11H8N4/c1-2-8(11-7-12-4-5-13-11)9-6-14-15-10(9)3-1/h1-7H,(H,14,15). The summed E-state index contributed by atoms with van der Waals surface area (Å²) in [5.41, 5.74) is 2.93. The molecule has 0 saturated carbocycles. The maximum Gasteiger partial charge on any atom is 0.0892 e. The molecule has 1 aromatic carbocycles. The van der Waals surface area contributed by atoms with Gasteiger partial charge in [-0.15, -0.1) is 0 Å². The molecule has 0 aliphatic heterocycles. The van der Waals surface area contributed by atoms with E-state index in [9.17, 15) is 0 Å². The third kappa shape index (κ3) is 1.27. The Morgan fingerprint density at radius 1 is 1.07 bits per heavy atom. The molecule has 4 nitrogen and oxygen atoms in total. The lowest BCUT2D eigenvalue weighted by Crippen LogP contribution is -1.84. The molecule has 0 amide bonds. The highest BCUT2D eigenvalue weighted by molar-refractivity contribution is 5.92. The number of fused-ring (bicyclic) bond motifs is 1. The van der Waals surface area contributed by atoms with Crippen molar-refractivity contribution in [2.75, 3.05) is 0 Å². The quantitative estimate of drug-likeness (QED) is 0.647. The summed E-state index contributed by atoms with van der Waals surface area (Å²) in [7, 11) is 0. The number of aromatic amines is 1. The van der Waals surface area contributed by atoms with Crippen molar-refractivity contribution in [3.05, 3.63) is 43.0 Å². The number of benzene rings is 1. The molecule has 0 radical (unpaired) electrons. The molecule has 0 spiro atoms. The molecule has 0 unspecified atom stereocenters. The van der Waals surface area contributed by atoms with Crippen LogP contribution in [0, 0.1) is 0 Å². The zero-order valence-electron chi connectivity index (χ0n) is 7.88. The van der Waals surface area contributed by atoms with E-state index in [0.717, 1.165) is 22.2 Å². The van der Waals surface area contributed by atoms with Crippen LogP contribution >= 0.6 is 0 Å². The summed E-state index contributed by atoms with van der Waals surface area (Å²) < 4.78 is 0. The number of H-pyrrole nitrogens is 1. The summed E-state index contributed by atoms with van der Waals surface area (Å²) in [6.45, 7) is 0. The molecule has 0 fully saturated rings. The van der Waals surface area contributed by atoms with Crippen LogP contribution in [0.1, 0.15) is 0 Å². The van der Waals surface area contributed by atoms with Gasteiger partial charge in [0.05, 0.1) is 23.6 Å². The Labute approximate surface area is 86.0 Å². The molecule has 1 N–H and O–H groups in total. The fourth-order valence-corrected chi connectivity index (χ4v) is 1.63. The SMILES string of the molecule is c1cc(-c2cnccn2)c2cn[nH]c2c1. The molecule has 15 heavy (non-hydrogen) atoms. The third-order valence-electron chi connectivity index (χ3n) is 2.32. The molecule has 0 aliphatic carbocycles. The molecule has 72 valence electrons. The molecule has 0 aliphatic rings. The first-order valence-electron chi connectivity index (χ1n) is 4.63. The number of aromatic nitrogens is 4. The molecule has 2 heterocycles. The summed E-state index contributed by atoms with van der Waals surface area (Å²) in [5, 5.41) is 8.01. The van der Waals surface area contributed by atoms with Crippen molar-refractivity contribution in [1.82, 2.24) is 20.2 Å². The highest BCUT2D eigenvalue weighted by Crippen LogP contribution is 2.24. The van der Waals surface area contributed by atoms with Crippen molar-refractivity contribution in [1.29, 1.82) is 0 Å². The Kier molecular flexibility index (Phi) is 1.71. The normalized spacial score (nSPS) is 10.7. The first-order chi connectivity index (χ1) is 7.45. The van der Waals surface area contributed by atoms with Crippen LogP contribution in [0.15, 0.2) is 43.0 Å². The lowest BCUT2D eigenvalue weighted by molar-refractivity contribution is 1.12. The van der Waals surface area contributed by atoms with Gasteiger partial charge in [0.1, 0.15) is 0 Å². The van der Waals surface area contributed by atoms with E-state index in [-0.39, 0.29) is 0 Å². The largest absolute Gasteiger partial charge is 0.278 e. The number of nitrogens with one attached hydrogen (secondary N) is 1. The monoisotopic (exact) mass is 196 g/mol. The van der Waals surface area contributed by atoms with Crippen molar-refractivity contribution in [2.24, 2.45) is 0 Å². The second-order valence-corrected chi connectivity index (χ2v) is 3.23. The minimum atomic E-state index is 0.865. The Bertz CT molecular complexity index is 586. The Morgan fingerprint density at radius 3 is 2.93 bits per heavy atom. The number of rotatable bonds is 1. The van der Waals surface area contributed by atoms with Crippen LogP contribution in [0.25, 0.3) is 22.2 Å². The van der Waals surface area contributed by atoms with E-state index in [1.54, 1.807) is 24.8 Å². The minimum Gasteiger partial charge on any atom is -0.278 e. The van der Waals surface area contributed by atoms with E-state index >= 15 is 0 Å². The van der Waals surface area contributed by atoms with Gasteiger partial charge in [0.15, 0.2) is 0 Å². The number of hydrogen-bond donors (Lipinski definition) is 1. The highest BCUT2D eigenvalue weighted by atomic mass is 15.1. The number of nitrogens with zero attached hydrogens (tertiary/aromatic N) is 3. The van der Waals surface area contributed by atoms with E-state index in [1.165, 1.54) is 0 Å². The maximum atomic E-state index is 4.27. The fourth-order valence-electron chi connectivity index (χ4n) is 1.63. The molecular formula is C11H8N4. The molecule has 0 saturated heterocycles. The Balaban J connectivity index is 2.31. The first-order valence-corrected chi connectivity index (χ1v) is 4.63. The van der Waals surface area contributed by atoms with Gasteiger partial charge >= 0.3 is 0 Å². The smallest absolute Gasteiger partial charge is 0.0892 e. The maximum absolute atomic E-state index is 4.27. The summed E-state index contributed by atoms with van der Waals surface area (Å²) in [4.78, 5) is 8.33. The van der Waals surface area contributed by atoms with E-state index < -0.39 is 0 Å². The van der Waals surface area contributed by atoms with Gasteiger partial charge in [-0.25, -0.2) is 0 Å². The Hall–Kier alpha value is -2.23. The summed E-state index contributed by atoms with van der Waals surface area (Å²) in [6.07, 6.45) is 6.91. The average Bonchev–Trinajstić information content (AvgIpc) is 2.78. The molecule has 2 aromatic heterocycles. The van der Waals surface area contributed by atoms with Crippen molar-refractivity contribution < 1.29 is 0 Å². The average molecular weight is 196 g/mol. The van der Waals surface area contributed by atoms with Gasteiger partial charge in [-0.05, 0) is 6.07 Å². The zero-order chi connectivity index (χ0) is 10.1. The lowest BCUT2D eigenvalue weighted by atomic mass is 10.1. The molecule has 3 rings (SSSR count). The second-order valence-electron chi connectivity index (χ2n) is 3.23. The minimum absolute atomic E-state index is 0.865. The highest BCUT2D eigenvalue weighted by Gasteiger charge is 2.05. The Morgan fingerprint density at radius 2 is 2.07 bits per heavy atom. The van der Waals surface area contributed by atoms with Gasteiger partial charge < -0.3 is 0 Å². The molecule has 0 bridgehead atoms. The lowest BCUT2D eigenvalue weighted by Gasteiger charge is -2.00. The van der Waals surface area contributed by atoms with Gasteiger partial charge in [-0.3, -0.25) is 15.1 Å².